The van der Waals surface area contributed by atoms with Crippen molar-refractivity contribution in [2.45, 2.75) is 65.0 Å². The third-order valence-corrected chi connectivity index (χ3v) is 3.95. The van der Waals surface area contributed by atoms with Gasteiger partial charge in [0.05, 0.1) is 12.1 Å². The van der Waals surface area contributed by atoms with Crippen LogP contribution in [0, 0.1) is 5.92 Å². The van der Waals surface area contributed by atoms with Crippen molar-refractivity contribution in [1.29, 1.82) is 0 Å². The normalized spacial score (nSPS) is 20.8. The molecule has 0 bridgehead atoms. The van der Waals surface area contributed by atoms with Gasteiger partial charge in [0.1, 0.15) is 0 Å². The van der Waals surface area contributed by atoms with Gasteiger partial charge in [-0.1, -0.05) is 33.6 Å². The molecule has 0 saturated heterocycles. The molecule has 18 heavy (non-hydrogen) atoms. The van der Waals surface area contributed by atoms with Crippen LogP contribution in [-0.4, -0.2) is 47.8 Å². The highest BCUT2D eigenvalue weighted by atomic mass is 16.3. The highest BCUT2D eigenvalue weighted by molar-refractivity contribution is 4.89. The van der Waals surface area contributed by atoms with Crippen LogP contribution in [0.4, 0.5) is 0 Å². The zero-order valence-electron chi connectivity index (χ0n) is 12.7. The number of aliphatic hydroxyl groups is 1. The largest absolute Gasteiger partial charge is 0.394 e. The summed E-state index contributed by atoms with van der Waals surface area (Å²) in [4.78, 5) is 2.61. The molecule has 0 spiro atoms. The molecule has 1 rings (SSSR count). The number of aliphatic hydroxyl groups excluding tert-OH is 1. The first kappa shape index (κ1) is 15.9. The Hall–Kier alpha value is -0.120. The average Bonchev–Trinajstić information content (AvgIpc) is 2.81. The standard InChI is InChI=1S/C15H32N2O/c1-5-16-15(4,12-18)11-17(10-13(2)3)14-8-6-7-9-14/h13-14,16,18H,5-12H2,1-4H3. The fourth-order valence-electron chi connectivity index (χ4n) is 3.12. The Labute approximate surface area is 113 Å². The number of hydrogen-bond acceptors (Lipinski definition) is 3. The van der Waals surface area contributed by atoms with Crippen LogP contribution in [0.15, 0.2) is 0 Å². The van der Waals surface area contributed by atoms with Crippen molar-refractivity contribution < 1.29 is 5.11 Å². The van der Waals surface area contributed by atoms with Crippen LogP contribution in [0.1, 0.15) is 53.4 Å². The number of nitrogens with one attached hydrogen (secondary N) is 1. The molecule has 0 aliphatic heterocycles. The summed E-state index contributed by atoms with van der Waals surface area (Å²) in [6.07, 6.45) is 5.41. The molecule has 3 heteroatoms. The molecule has 3 nitrogen and oxygen atoms in total. The van der Waals surface area contributed by atoms with E-state index in [4.69, 9.17) is 0 Å². The summed E-state index contributed by atoms with van der Waals surface area (Å²) in [6.45, 7) is 12.0. The van der Waals surface area contributed by atoms with Crippen molar-refractivity contribution in [3.8, 4) is 0 Å². The van der Waals surface area contributed by atoms with E-state index in [-0.39, 0.29) is 12.1 Å². The van der Waals surface area contributed by atoms with E-state index in [9.17, 15) is 5.11 Å². The SMILES string of the molecule is CCNC(C)(CO)CN(CC(C)C)C1CCCC1. The Morgan fingerprint density at radius 2 is 1.94 bits per heavy atom. The van der Waals surface area contributed by atoms with Gasteiger partial charge in [0.15, 0.2) is 0 Å². The number of rotatable bonds is 8. The van der Waals surface area contributed by atoms with Crippen LogP contribution in [0.2, 0.25) is 0 Å². The molecule has 1 aliphatic rings. The molecule has 0 aromatic rings. The van der Waals surface area contributed by atoms with E-state index >= 15 is 0 Å². The van der Waals surface area contributed by atoms with Gasteiger partial charge in [0, 0.05) is 19.1 Å². The molecule has 1 unspecified atom stereocenters. The molecule has 1 aliphatic carbocycles. The second-order valence-corrected chi connectivity index (χ2v) is 6.51. The molecule has 0 heterocycles. The minimum absolute atomic E-state index is 0.160. The van der Waals surface area contributed by atoms with Crippen LogP contribution >= 0.6 is 0 Å². The molecule has 1 saturated carbocycles. The lowest BCUT2D eigenvalue weighted by atomic mass is 10.00. The van der Waals surface area contributed by atoms with Crippen molar-refractivity contribution >= 4 is 0 Å². The predicted molar refractivity (Wildman–Crippen MR) is 77.8 cm³/mol. The van der Waals surface area contributed by atoms with Crippen molar-refractivity contribution in [3.63, 3.8) is 0 Å². The highest BCUT2D eigenvalue weighted by Gasteiger charge is 2.30. The summed E-state index contributed by atoms with van der Waals surface area (Å²) >= 11 is 0. The number of hydrogen-bond donors (Lipinski definition) is 2. The fourth-order valence-corrected chi connectivity index (χ4v) is 3.12. The topological polar surface area (TPSA) is 35.5 Å². The predicted octanol–water partition coefficient (Wildman–Crippen LogP) is 2.25. The first-order valence-corrected chi connectivity index (χ1v) is 7.60. The van der Waals surface area contributed by atoms with Gasteiger partial charge in [-0.3, -0.25) is 4.90 Å². The lowest BCUT2D eigenvalue weighted by molar-refractivity contribution is 0.0879. The maximum Gasteiger partial charge on any atom is 0.0623 e. The van der Waals surface area contributed by atoms with E-state index in [2.05, 4.69) is 37.9 Å². The molecule has 108 valence electrons. The third-order valence-electron chi connectivity index (χ3n) is 3.95. The molecule has 1 fully saturated rings. The lowest BCUT2D eigenvalue weighted by Crippen LogP contribution is -2.56. The van der Waals surface area contributed by atoms with E-state index in [0.717, 1.165) is 25.7 Å². The van der Waals surface area contributed by atoms with Gasteiger partial charge < -0.3 is 10.4 Å². The van der Waals surface area contributed by atoms with Crippen LogP contribution in [0.25, 0.3) is 0 Å². The van der Waals surface area contributed by atoms with Crippen molar-refractivity contribution in [1.82, 2.24) is 10.2 Å². The number of nitrogens with zero attached hydrogens (tertiary/aromatic N) is 1. The molecular formula is C15H32N2O. The second kappa shape index (κ2) is 7.46. The first-order chi connectivity index (χ1) is 8.50. The lowest BCUT2D eigenvalue weighted by Gasteiger charge is -2.39. The fraction of sp³-hybridized carbons (Fsp3) is 1.00. The van der Waals surface area contributed by atoms with Crippen molar-refractivity contribution in [3.05, 3.63) is 0 Å². The van der Waals surface area contributed by atoms with E-state index < -0.39 is 0 Å². The first-order valence-electron chi connectivity index (χ1n) is 7.60. The number of likely N-dealkylation sites (N-methyl/N-ethyl adjacent to an activating group) is 1. The van der Waals surface area contributed by atoms with Gasteiger partial charge >= 0.3 is 0 Å². The quantitative estimate of drug-likeness (QED) is 0.699. The van der Waals surface area contributed by atoms with Crippen LogP contribution in [-0.2, 0) is 0 Å². The second-order valence-electron chi connectivity index (χ2n) is 6.51. The van der Waals surface area contributed by atoms with Crippen LogP contribution in [0.5, 0.6) is 0 Å². The molecule has 0 aromatic carbocycles. The Morgan fingerprint density at radius 3 is 2.39 bits per heavy atom. The van der Waals surface area contributed by atoms with E-state index in [1.54, 1.807) is 0 Å². The maximum absolute atomic E-state index is 9.65. The molecule has 0 radical (unpaired) electrons. The monoisotopic (exact) mass is 256 g/mol. The zero-order chi connectivity index (χ0) is 13.6. The Bertz CT molecular complexity index is 227. The molecule has 0 aromatic heterocycles. The summed E-state index contributed by atoms with van der Waals surface area (Å²) in [6, 6.07) is 0.733. The van der Waals surface area contributed by atoms with Gasteiger partial charge in [-0.15, -0.1) is 0 Å². The van der Waals surface area contributed by atoms with Crippen LogP contribution < -0.4 is 5.32 Å². The summed E-state index contributed by atoms with van der Waals surface area (Å²) in [7, 11) is 0. The minimum atomic E-state index is -0.160. The Morgan fingerprint density at radius 1 is 1.33 bits per heavy atom. The highest BCUT2D eigenvalue weighted by Crippen LogP contribution is 2.25. The maximum atomic E-state index is 9.65. The van der Waals surface area contributed by atoms with E-state index in [0.29, 0.717) is 5.92 Å². The van der Waals surface area contributed by atoms with Gasteiger partial charge in [-0.05, 0) is 32.2 Å². The zero-order valence-corrected chi connectivity index (χ0v) is 12.7. The van der Waals surface area contributed by atoms with Gasteiger partial charge in [-0.25, -0.2) is 0 Å². The van der Waals surface area contributed by atoms with E-state index in [1.807, 2.05) is 0 Å². The molecule has 1 atom stereocenters. The third kappa shape index (κ3) is 4.87. The summed E-state index contributed by atoms with van der Waals surface area (Å²) < 4.78 is 0. The molecule has 2 N–H and O–H groups in total. The van der Waals surface area contributed by atoms with Gasteiger partial charge in [-0.2, -0.15) is 0 Å². The summed E-state index contributed by atoms with van der Waals surface area (Å²) in [5, 5.41) is 13.1. The van der Waals surface area contributed by atoms with Crippen molar-refractivity contribution in [2.24, 2.45) is 5.92 Å². The minimum Gasteiger partial charge on any atom is -0.394 e. The smallest absolute Gasteiger partial charge is 0.0623 e. The van der Waals surface area contributed by atoms with Crippen molar-refractivity contribution in [2.75, 3.05) is 26.2 Å². The van der Waals surface area contributed by atoms with Gasteiger partial charge in [0.2, 0.25) is 0 Å². The summed E-state index contributed by atoms with van der Waals surface area (Å²) in [5.74, 6) is 0.690. The molecule has 0 amide bonds. The summed E-state index contributed by atoms with van der Waals surface area (Å²) in [5.41, 5.74) is -0.160. The van der Waals surface area contributed by atoms with E-state index in [1.165, 1.54) is 25.7 Å². The average molecular weight is 256 g/mol. The molecular weight excluding hydrogens is 224 g/mol. The Kier molecular flexibility index (Phi) is 6.61. The Balaban J connectivity index is 2.63. The van der Waals surface area contributed by atoms with Crippen LogP contribution in [0.3, 0.4) is 0 Å². The van der Waals surface area contributed by atoms with Gasteiger partial charge in [0.25, 0.3) is 0 Å².